The first-order valence-electron chi connectivity index (χ1n) is 8.30. The molecule has 1 aromatic rings. The molecule has 23 heavy (non-hydrogen) atoms. The van der Waals surface area contributed by atoms with Crippen LogP contribution in [-0.2, 0) is 14.8 Å². The highest BCUT2D eigenvalue weighted by molar-refractivity contribution is 7.89. The molecule has 1 aromatic carbocycles. The summed E-state index contributed by atoms with van der Waals surface area (Å²) in [5.74, 6) is 0. The molecular weight excluding hydrogens is 312 g/mol. The van der Waals surface area contributed by atoms with Gasteiger partial charge in [-0.2, -0.15) is 0 Å². The Bertz CT molecular complexity index is 591. The topological polar surface area (TPSA) is 81.4 Å². The fourth-order valence-electron chi connectivity index (χ4n) is 3.15. The average molecular weight is 340 g/mol. The van der Waals surface area contributed by atoms with E-state index in [1.54, 1.807) is 12.1 Å². The van der Waals surface area contributed by atoms with Crippen LogP contribution in [0, 0.1) is 0 Å². The van der Waals surface area contributed by atoms with Crippen LogP contribution >= 0.6 is 0 Å². The summed E-state index contributed by atoms with van der Waals surface area (Å²) >= 11 is 0. The minimum atomic E-state index is -3.62. The molecule has 3 N–H and O–H groups in total. The number of hydrogen-bond acceptors (Lipinski definition) is 4. The molecule has 0 aliphatic heterocycles. The molecule has 0 saturated heterocycles. The summed E-state index contributed by atoms with van der Waals surface area (Å²) in [5.41, 5.74) is 1.07. The van der Waals surface area contributed by atoms with Gasteiger partial charge in [-0.25, -0.2) is 13.6 Å². The molecule has 1 fully saturated rings. The Morgan fingerprint density at radius 2 is 1.65 bits per heavy atom. The van der Waals surface area contributed by atoms with Crippen LogP contribution in [-0.4, -0.2) is 26.7 Å². The maximum atomic E-state index is 11.3. The van der Waals surface area contributed by atoms with Gasteiger partial charge in [-0.05, 0) is 64.2 Å². The summed E-state index contributed by atoms with van der Waals surface area (Å²) in [6.45, 7) is 6.26. The summed E-state index contributed by atoms with van der Waals surface area (Å²) in [4.78, 5) is 0.153. The zero-order valence-electron chi connectivity index (χ0n) is 14.2. The molecule has 1 aliphatic carbocycles. The number of ether oxygens (including phenoxy) is 1. The lowest BCUT2D eigenvalue weighted by Crippen LogP contribution is -2.37. The van der Waals surface area contributed by atoms with E-state index in [0.29, 0.717) is 18.2 Å². The predicted octanol–water partition coefficient (Wildman–Crippen LogP) is 2.72. The molecule has 1 unspecified atom stereocenters. The minimum Gasteiger partial charge on any atom is -0.376 e. The largest absolute Gasteiger partial charge is 0.376 e. The second-order valence-electron chi connectivity index (χ2n) is 6.66. The second kappa shape index (κ2) is 7.75. The Labute approximate surface area is 139 Å². The number of primary sulfonamides is 1. The fraction of sp³-hybridized carbons (Fsp3) is 0.647. The zero-order chi connectivity index (χ0) is 17.0. The van der Waals surface area contributed by atoms with Crippen LogP contribution < -0.4 is 10.5 Å². The van der Waals surface area contributed by atoms with Crippen molar-refractivity contribution in [3.8, 4) is 0 Å². The van der Waals surface area contributed by atoms with Crippen molar-refractivity contribution >= 4 is 10.0 Å². The lowest BCUT2D eigenvalue weighted by atomic mass is 9.92. The van der Waals surface area contributed by atoms with Gasteiger partial charge in [0.1, 0.15) is 0 Å². The third-order valence-electron chi connectivity index (χ3n) is 4.33. The standard InChI is InChI=1S/C17H28N2O3S/c1-12(2)22-16-8-6-15(7-9-16)19-13(3)14-4-10-17(11-5-14)23(18,20)21/h4-5,10-13,15-16,19H,6-9H2,1-3H3,(H2,18,20,21). The maximum absolute atomic E-state index is 11.3. The van der Waals surface area contributed by atoms with Gasteiger partial charge >= 0.3 is 0 Å². The first-order chi connectivity index (χ1) is 10.8. The second-order valence-corrected chi connectivity index (χ2v) is 8.22. The minimum absolute atomic E-state index is 0.153. The van der Waals surface area contributed by atoms with E-state index in [-0.39, 0.29) is 10.9 Å². The van der Waals surface area contributed by atoms with Gasteiger partial charge in [-0.1, -0.05) is 12.1 Å². The number of nitrogens with two attached hydrogens (primary N) is 1. The third kappa shape index (κ3) is 5.57. The van der Waals surface area contributed by atoms with Crippen molar-refractivity contribution in [2.24, 2.45) is 5.14 Å². The van der Waals surface area contributed by atoms with E-state index in [4.69, 9.17) is 9.88 Å². The Morgan fingerprint density at radius 1 is 1.09 bits per heavy atom. The summed E-state index contributed by atoms with van der Waals surface area (Å²) in [6.07, 6.45) is 5.08. The van der Waals surface area contributed by atoms with Gasteiger partial charge in [0.05, 0.1) is 17.1 Å². The quantitative estimate of drug-likeness (QED) is 0.834. The molecule has 0 radical (unpaired) electrons. The molecule has 0 bridgehead atoms. The van der Waals surface area contributed by atoms with Crippen molar-refractivity contribution in [1.29, 1.82) is 0 Å². The smallest absolute Gasteiger partial charge is 0.238 e. The van der Waals surface area contributed by atoms with Crippen molar-refractivity contribution in [2.45, 2.75) is 75.6 Å². The van der Waals surface area contributed by atoms with E-state index >= 15 is 0 Å². The van der Waals surface area contributed by atoms with Crippen LogP contribution in [0.4, 0.5) is 0 Å². The molecule has 1 aliphatic rings. The van der Waals surface area contributed by atoms with E-state index in [0.717, 1.165) is 31.2 Å². The van der Waals surface area contributed by atoms with Gasteiger partial charge in [0.15, 0.2) is 0 Å². The highest BCUT2D eigenvalue weighted by Gasteiger charge is 2.23. The Morgan fingerprint density at radius 3 is 2.13 bits per heavy atom. The van der Waals surface area contributed by atoms with Crippen molar-refractivity contribution in [3.63, 3.8) is 0 Å². The van der Waals surface area contributed by atoms with Gasteiger partial charge in [0.25, 0.3) is 0 Å². The lowest BCUT2D eigenvalue weighted by molar-refractivity contribution is -0.0166. The van der Waals surface area contributed by atoms with Crippen LogP contribution in [0.3, 0.4) is 0 Å². The molecule has 1 saturated carbocycles. The first-order valence-corrected chi connectivity index (χ1v) is 9.84. The van der Waals surface area contributed by atoms with E-state index < -0.39 is 10.0 Å². The molecule has 0 spiro atoms. The summed E-state index contributed by atoms with van der Waals surface area (Å²) in [7, 11) is -3.62. The highest BCUT2D eigenvalue weighted by Crippen LogP contribution is 2.25. The van der Waals surface area contributed by atoms with E-state index in [1.165, 1.54) is 0 Å². The third-order valence-corrected chi connectivity index (χ3v) is 5.26. The summed E-state index contributed by atoms with van der Waals surface area (Å²) in [6, 6.07) is 7.44. The predicted molar refractivity (Wildman–Crippen MR) is 91.6 cm³/mol. The van der Waals surface area contributed by atoms with Crippen molar-refractivity contribution in [2.75, 3.05) is 0 Å². The SMILES string of the molecule is CC(C)OC1CCC(NC(C)c2ccc(S(N)(=O)=O)cc2)CC1. The first kappa shape index (κ1) is 18.4. The van der Waals surface area contributed by atoms with E-state index in [9.17, 15) is 8.42 Å². The Hall–Kier alpha value is -0.950. The van der Waals surface area contributed by atoms with Crippen molar-refractivity contribution < 1.29 is 13.2 Å². The number of hydrogen-bond donors (Lipinski definition) is 2. The van der Waals surface area contributed by atoms with Gasteiger partial charge in [-0.15, -0.1) is 0 Å². The van der Waals surface area contributed by atoms with Gasteiger partial charge in [0, 0.05) is 12.1 Å². The average Bonchev–Trinajstić information content (AvgIpc) is 2.48. The Kier molecular flexibility index (Phi) is 6.19. The van der Waals surface area contributed by atoms with E-state index in [2.05, 4.69) is 26.1 Å². The zero-order valence-corrected chi connectivity index (χ0v) is 15.0. The molecule has 130 valence electrons. The fourth-order valence-corrected chi connectivity index (χ4v) is 3.66. The normalized spacial score (nSPS) is 23.9. The summed E-state index contributed by atoms with van der Waals surface area (Å²) < 4.78 is 28.5. The lowest BCUT2D eigenvalue weighted by Gasteiger charge is -2.32. The number of nitrogens with one attached hydrogen (secondary N) is 1. The summed E-state index contributed by atoms with van der Waals surface area (Å²) in [5, 5.41) is 8.76. The molecule has 5 nitrogen and oxygen atoms in total. The molecule has 2 rings (SSSR count). The van der Waals surface area contributed by atoms with Gasteiger partial charge < -0.3 is 10.1 Å². The molecule has 1 atom stereocenters. The van der Waals surface area contributed by atoms with Crippen molar-refractivity contribution in [1.82, 2.24) is 5.32 Å². The molecule has 0 amide bonds. The molecule has 0 aromatic heterocycles. The highest BCUT2D eigenvalue weighted by atomic mass is 32.2. The number of rotatable bonds is 6. The van der Waals surface area contributed by atoms with Crippen LogP contribution in [0.2, 0.25) is 0 Å². The van der Waals surface area contributed by atoms with E-state index in [1.807, 2.05) is 12.1 Å². The van der Waals surface area contributed by atoms with Crippen molar-refractivity contribution in [3.05, 3.63) is 29.8 Å². The maximum Gasteiger partial charge on any atom is 0.238 e. The number of benzene rings is 1. The van der Waals surface area contributed by atoms with Crippen LogP contribution in [0.25, 0.3) is 0 Å². The van der Waals surface area contributed by atoms with Gasteiger partial charge in [0.2, 0.25) is 10.0 Å². The monoisotopic (exact) mass is 340 g/mol. The van der Waals surface area contributed by atoms with Crippen LogP contribution in [0.15, 0.2) is 29.2 Å². The molecular formula is C17H28N2O3S. The van der Waals surface area contributed by atoms with Gasteiger partial charge in [-0.3, -0.25) is 0 Å². The molecule has 6 heteroatoms. The van der Waals surface area contributed by atoms with Crippen LogP contribution in [0.5, 0.6) is 0 Å². The molecule has 0 heterocycles. The Balaban J connectivity index is 1.87. The number of sulfonamides is 1. The van der Waals surface area contributed by atoms with Crippen LogP contribution in [0.1, 0.15) is 58.1 Å².